The van der Waals surface area contributed by atoms with Crippen LogP contribution in [0.1, 0.15) is 6.42 Å². The molecule has 9 heteroatoms. The van der Waals surface area contributed by atoms with Crippen LogP contribution in [-0.4, -0.2) is 46.9 Å². The molecule has 8 nitrogen and oxygen atoms in total. The molecular weight excluding hydrogens is 382 g/mol. The van der Waals surface area contributed by atoms with Crippen LogP contribution in [0, 0.1) is 0 Å². The highest BCUT2D eigenvalue weighted by molar-refractivity contribution is 7.89. The summed E-state index contributed by atoms with van der Waals surface area (Å²) in [6.07, 6.45) is -0.0277. The first-order valence-corrected chi connectivity index (χ1v) is 10.5. The summed E-state index contributed by atoms with van der Waals surface area (Å²) in [5.41, 5.74) is 1.73. The zero-order chi connectivity index (χ0) is 19.9. The van der Waals surface area contributed by atoms with Gasteiger partial charge >= 0.3 is 6.09 Å². The number of cyclic esters (lactones) is 1. The second-order valence-corrected chi connectivity index (χ2v) is 8.31. The number of hydrogen-bond acceptors (Lipinski definition) is 6. The molecule has 3 N–H and O–H groups in total. The lowest BCUT2D eigenvalue weighted by Crippen LogP contribution is -2.40. The average Bonchev–Trinajstić information content (AvgIpc) is 2.85. The van der Waals surface area contributed by atoms with Gasteiger partial charge in [0.15, 0.2) is 0 Å². The van der Waals surface area contributed by atoms with E-state index in [1.807, 2.05) is 7.05 Å². The van der Waals surface area contributed by atoms with Crippen LogP contribution in [0.15, 0.2) is 47.4 Å². The van der Waals surface area contributed by atoms with E-state index in [0.717, 1.165) is 0 Å². The number of amides is 1. The van der Waals surface area contributed by atoms with Crippen LogP contribution in [0.2, 0.25) is 0 Å². The lowest BCUT2D eigenvalue weighted by atomic mass is 10.0. The Kier molecular flexibility index (Phi) is 4.74. The second-order valence-electron chi connectivity index (χ2n) is 6.78. The number of ether oxygens (including phenoxy) is 2. The van der Waals surface area contributed by atoms with Crippen molar-refractivity contribution in [3.05, 3.63) is 42.5 Å². The van der Waals surface area contributed by atoms with E-state index in [-0.39, 0.29) is 17.0 Å². The van der Waals surface area contributed by atoms with Gasteiger partial charge < -0.3 is 14.8 Å². The molecule has 2 heterocycles. The Morgan fingerprint density at radius 2 is 2.04 bits per heavy atom. The molecule has 2 aromatic carbocycles. The lowest BCUT2D eigenvalue weighted by molar-refractivity contribution is 0.127. The van der Waals surface area contributed by atoms with Crippen LogP contribution in [0.4, 0.5) is 10.5 Å². The van der Waals surface area contributed by atoms with Crippen molar-refractivity contribution < 1.29 is 22.7 Å². The van der Waals surface area contributed by atoms with Crippen molar-refractivity contribution in [3.63, 3.8) is 0 Å². The van der Waals surface area contributed by atoms with E-state index < -0.39 is 16.1 Å². The number of nitrogens with one attached hydrogen (secondary N) is 1. The molecule has 2 aliphatic heterocycles. The fraction of sp³-hybridized carbons (Fsp3) is 0.316. The van der Waals surface area contributed by atoms with E-state index in [1.54, 1.807) is 41.3 Å². The number of fused-ring (bicyclic) bond motifs is 3. The smallest absolute Gasteiger partial charge is 0.415 e. The Labute approximate surface area is 163 Å². The maximum Gasteiger partial charge on any atom is 0.415 e. The Hall–Kier alpha value is -2.62. The molecule has 1 fully saturated rings. The van der Waals surface area contributed by atoms with Crippen molar-refractivity contribution in [2.75, 3.05) is 25.1 Å². The molecule has 1 amide bonds. The molecule has 1 saturated heterocycles. The van der Waals surface area contributed by atoms with Crippen LogP contribution >= 0.6 is 0 Å². The predicted octanol–water partition coefficient (Wildman–Crippen LogP) is 1.70. The minimum atomic E-state index is -3.88. The maximum atomic E-state index is 12.5. The number of anilines is 1. The minimum Gasteiger partial charge on any atom is -0.491 e. The summed E-state index contributed by atoms with van der Waals surface area (Å²) in [5.74, 6) is 0.506. The minimum absolute atomic E-state index is 0.0381. The zero-order valence-electron chi connectivity index (χ0n) is 15.3. The highest BCUT2D eigenvalue weighted by Crippen LogP contribution is 2.41. The van der Waals surface area contributed by atoms with Crippen molar-refractivity contribution in [3.8, 4) is 16.9 Å². The molecule has 0 spiro atoms. The van der Waals surface area contributed by atoms with E-state index in [1.165, 1.54) is 6.07 Å². The molecule has 2 atom stereocenters. The third-order valence-electron chi connectivity index (χ3n) is 5.01. The van der Waals surface area contributed by atoms with Gasteiger partial charge in [0.1, 0.15) is 11.9 Å². The molecule has 28 heavy (non-hydrogen) atoms. The monoisotopic (exact) mass is 403 g/mol. The van der Waals surface area contributed by atoms with Crippen molar-refractivity contribution >= 4 is 21.8 Å². The fourth-order valence-electron chi connectivity index (χ4n) is 3.78. The van der Waals surface area contributed by atoms with Gasteiger partial charge in [0.2, 0.25) is 10.0 Å². The quantitative estimate of drug-likeness (QED) is 0.804. The largest absolute Gasteiger partial charge is 0.491 e. The number of carbonyl (C=O) groups is 1. The van der Waals surface area contributed by atoms with Crippen molar-refractivity contribution in [1.29, 1.82) is 0 Å². The summed E-state index contributed by atoms with van der Waals surface area (Å²) in [7, 11) is -2.07. The summed E-state index contributed by atoms with van der Waals surface area (Å²) in [6, 6.07) is 11.6. The number of nitrogens with two attached hydrogens (primary N) is 1. The zero-order valence-corrected chi connectivity index (χ0v) is 16.1. The van der Waals surface area contributed by atoms with Gasteiger partial charge in [-0.3, -0.25) is 4.90 Å². The van der Waals surface area contributed by atoms with Gasteiger partial charge in [-0.15, -0.1) is 0 Å². The summed E-state index contributed by atoms with van der Waals surface area (Å²) < 4.78 is 35.3. The van der Waals surface area contributed by atoms with Gasteiger partial charge in [0, 0.05) is 18.5 Å². The van der Waals surface area contributed by atoms with Crippen molar-refractivity contribution in [2.45, 2.75) is 23.5 Å². The lowest BCUT2D eigenvalue weighted by Gasteiger charge is -2.22. The van der Waals surface area contributed by atoms with Crippen LogP contribution in [-0.2, 0) is 14.8 Å². The number of carbonyl (C=O) groups excluding carboxylic acids is 1. The van der Waals surface area contributed by atoms with E-state index in [4.69, 9.17) is 14.6 Å². The Bertz CT molecular complexity index is 1020. The SMILES string of the molecule is CNCC1OC(=O)N2c3ccc(-c4ccccc4S(N)(=O)=O)cc3OCC[C@@H]12. The van der Waals surface area contributed by atoms with E-state index in [0.29, 0.717) is 42.1 Å². The van der Waals surface area contributed by atoms with Crippen molar-refractivity contribution in [1.82, 2.24) is 5.32 Å². The first-order valence-electron chi connectivity index (χ1n) is 8.93. The fourth-order valence-corrected chi connectivity index (χ4v) is 4.54. The molecule has 148 valence electrons. The Balaban J connectivity index is 1.77. The molecule has 0 saturated carbocycles. The molecule has 0 aromatic heterocycles. The molecular formula is C19H21N3O5S. The summed E-state index contributed by atoms with van der Waals surface area (Å²) in [6.45, 7) is 0.980. The Morgan fingerprint density at radius 3 is 2.79 bits per heavy atom. The molecule has 1 unspecified atom stereocenters. The number of rotatable bonds is 4. The third kappa shape index (κ3) is 3.21. The van der Waals surface area contributed by atoms with Crippen LogP contribution in [0.25, 0.3) is 11.1 Å². The summed E-state index contributed by atoms with van der Waals surface area (Å²) in [4.78, 5) is 14.1. The average molecular weight is 403 g/mol. The van der Waals surface area contributed by atoms with Gasteiger partial charge in [-0.05, 0) is 30.8 Å². The number of hydrogen-bond donors (Lipinski definition) is 2. The molecule has 0 aliphatic carbocycles. The number of primary sulfonamides is 1. The second kappa shape index (κ2) is 7.08. The summed E-state index contributed by atoms with van der Waals surface area (Å²) in [5, 5.41) is 8.40. The Morgan fingerprint density at radius 1 is 1.25 bits per heavy atom. The highest BCUT2D eigenvalue weighted by Gasteiger charge is 2.44. The molecule has 2 aromatic rings. The standard InChI is InChI=1S/C19H21N3O5S/c1-21-11-17-15-8-9-26-16-10-12(6-7-14(16)22(15)19(23)27-17)13-4-2-3-5-18(13)28(20,24)25/h2-7,10,15,17,21H,8-9,11H2,1H3,(H2,20,24,25)/t15-,17?/m0/s1. The maximum absolute atomic E-state index is 12.5. The number of benzene rings is 2. The molecule has 0 bridgehead atoms. The van der Waals surface area contributed by atoms with Crippen LogP contribution in [0.3, 0.4) is 0 Å². The van der Waals surface area contributed by atoms with Gasteiger partial charge in [-0.2, -0.15) is 0 Å². The molecule has 0 radical (unpaired) electrons. The van der Waals surface area contributed by atoms with E-state index in [2.05, 4.69) is 5.32 Å². The first kappa shape index (κ1) is 18.7. The number of nitrogens with zero attached hydrogens (tertiary/aromatic N) is 1. The first-order chi connectivity index (χ1) is 13.4. The van der Waals surface area contributed by atoms with E-state index >= 15 is 0 Å². The number of likely N-dealkylation sites (N-methyl/N-ethyl adjacent to an activating group) is 1. The topological polar surface area (TPSA) is 111 Å². The highest BCUT2D eigenvalue weighted by atomic mass is 32.2. The van der Waals surface area contributed by atoms with Gasteiger partial charge in [-0.25, -0.2) is 18.4 Å². The van der Waals surface area contributed by atoms with Gasteiger partial charge in [0.25, 0.3) is 0 Å². The molecule has 4 rings (SSSR count). The van der Waals surface area contributed by atoms with Gasteiger partial charge in [0.05, 0.1) is 23.2 Å². The third-order valence-corrected chi connectivity index (χ3v) is 5.98. The molecule has 2 aliphatic rings. The van der Waals surface area contributed by atoms with Crippen LogP contribution < -0.4 is 20.1 Å². The van der Waals surface area contributed by atoms with E-state index in [9.17, 15) is 13.2 Å². The van der Waals surface area contributed by atoms with Crippen molar-refractivity contribution in [2.24, 2.45) is 5.14 Å². The summed E-state index contributed by atoms with van der Waals surface area (Å²) >= 11 is 0. The van der Waals surface area contributed by atoms with Crippen LogP contribution in [0.5, 0.6) is 5.75 Å². The van der Waals surface area contributed by atoms with Gasteiger partial charge in [-0.1, -0.05) is 24.3 Å². The normalized spacial score (nSPS) is 21.4. The number of sulfonamides is 1. The predicted molar refractivity (Wildman–Crippen MR) is 104 cm³/mol.